The maximum Gasteiger partial charge on any atom is 0.311 e. The first-order valence-electron chi connectivity index (χ1n) is 6.81. The Labute approximate surface area is 124 Å². The molecule has 1 heterocycles. The van der Waals surface area contributed by atoms with Gasteiger partial charge in [-0.2, -0.15) is 0 Å². The lowest BCUT2D eigenvalue weighted by Gasteiger charge is -2.25. The van der Waals surface area contributed by atoms with E-state index >= 15 is 0 Å². The standard InChI is InChI=1S/C16H19N3O2/c1-12-9-10-14(19(20)21)15(18-12)17-11-16(2,3)13-7-5-4-6-8-13/h4-10H,11H2,1-3H3,(H,17,18). The van der Waals surface area contributed by atoms with Gasteiger partial charge in [-0.15, -0.1) is 0 Å². The zero-order chi connectivity index (χ0) is 15.5. The van der Waals surface area contributed by atoms with E-state index < -0.39 is 4.92 Å². The Morgan fingerprint density at radius 1 is 1.19 bits per heavy atom. The average Bonchev–Trinajstić information content (AvgIpc) is 2.46. The zero-order valence-corrected chi connectivity index (χ0v) is 12.5. The van der Waals surface area contributed by atoms with Crippen molar-refractivity contribution >= 4 is 11.5 Å². The number of benzene rings is 1. The van der Waals surface area contributed by atoms with Crippen molar-refractivity contribution in [1.29, 1.82) is 0 Å². The third-order valence-corrected chi connectivity index (χ3v) is 3.46. The average molecular weight is 285 g/mol. The van der Waals surface area contributed by atoms with E-state index in [0.717, 1.165) is 5.69 Å². The molecule has 0 atom stereocenters. The molecule has 110 valence electrons. The van der Waals surface area contributed by atoms with E-state index in [2.05, 4.69) is 36.3 Å². The van der Waals surface area contributed by atoms with Gasteiger partial charge in [0.2, 0.25) is 5.82 Å². The molecule has 0 saturated heterocycles. The fraction of sp³-hybridized carbons (Fsp3) is 0.312. The molecule has 0 fully saturated rings. The molecule has 0 unspecified atom stereocenters. The molecule has 0 saturated carbocycles. The topological polar surface area (TPSA) is 68.1 Å². The summed E-state index contributed by atoms with van der Waals surface area (Å²) >= 11 is 0. The molecule has 0 spiro atoms. The number of aryl methyl sites for hydroxylation is 1. The van der Waals surface area contributed by atoms with Crippen molar-refractivity contribution in [3.8, 4) is 0 Å². The molecule has 1 aromatic carbocycles. The van der Waals surface area contributed by atoms with Gasteiger partial charge in [0.15, 0.2) is 0 Å². The van der Waals surface area contributed by atoms with Crippen molar-refractivity contribution in [1.82, 2.24) is 4.98 Å². The Morgan fingerprint density at radius 3 is 2.48 bits per heavy atom. The number of hydrogen-bond acceptors (Lipinski definition) is 4. The number of hydrogen-bond donors (Lipinski definition) is 1. The summed E-state index contributed by atoms with van der Waals surface area (Å²) in [6, 6.07) is 13.2. The smallest absolute Gasteiger partial charge is 0.311 e. The van der Waals surface area contributed by atoms with Crippen LogP contribution < -0.4 is 5.32 Å². The van der Waals surface area contributed by atoms with Crippen LogP contribution >= 0.6 is 0 Å². The van der Waals surface area contributed by atoms with Crippen molar-refractivity contribution in [3.63, 3.8) is 0 Å². The minimum absolute atomic E-state index is 0.00413. The number of anilines is 1. The largest absolute Gasteiger partial charge is 0.363 e. The van der Waals surface area contributed by atoms with Crippen LogP contribution in [0.15, 0.2) is 42.5 Å². The fourth-order valence-corrected chi connectivity index (χ4v) is 2.12. The van der Waals surface area contributed by atoms with Crippen LogP contribution in [-0.2, 0) is 5.41 Å². The molecule has 21 heavy (non-hydrogen) atoms. The Morgan fingerprint density at radius 2 is 1.86 bits per heavy atom. The van der Waals surface area contributed by atoms with Crippen LogP contribution in [0.1, 0.15) is 25.1 Å². The van der Waals surface area contributed by atoms with Crippen LogP contribution in [-0.4, -0.2) is 16.5 Å². The van der Waals surface area contributed by atoms with Gasteiger partial charge in [-0.3, -0.25) is 10.1 Å². The molecule has 2 rings (SSSR count). The first-order chi connectivity index (χ1) is 9.90. The Balaban J connectivity index is 2.20. The first kappa shape index (κ1) is 15.0. The molecule has 0 aliphatic carbocycles. The van der Waals surface area contributed by atoms with Crippen LogP contribution in [0.2, 0.25) is 0 Å². The second-order valence-corrected chi connectivity index (χ2v) is 5.68. The number of nitrogens with zero attached hydrogens (tertiary/aromatic N) is 2. The van der Waals surface area contributed by atoms with E-state index in [0.29, 0.717) is 12.4 Å². The van der Waals surface area contributed by atoms with E-state index in [1.165, 1.54) is 11.6 Å². The van der Waals surface area contributed by atoms with E-state index in [1.807, 2.05) is 25.1 Å². The molecule has 5 nitrogen and oxygen atoms in total. The second kappa shape index (κ2) is 5.91. The Kier molecular flexibility index (Phi) is 4.21. The zero-order valence-electron chi connectivity index (χ0n) is 12.5. The number of rotatable bonds is 5. The number of nitro groups is 1. The summed E-state index contributed by atoms with van der Waals surface area (Å²) < 4.78 is 0. The van der Waals surface area contributed by atoms with Gasteiger partial charge in [-0.1, -0.05) is 44.2 Å². The van der Waals surface area contributed by atoms with Gasteiger partial charge in [0, 0.05) is 23.7 Å². The molecular weight excluding hydrogens is 266 g/mol. The van der Waals surface area contributed by atoms with Crippen LogP contribution in [0.25, 0.3) is 0 Å². The highest BCUT2D eigenvalue weighted by molar-refractivity contribution is 5.56. The molecule has 1 aromatic heterocycles. The van der Waals surface area contributed by atoms with Gasteiger partial charge in [0.05, 0.1) is 4.92 Å². The van der Waals surface area contributed by atoms with Crippen molar-refractivity contribution in [2.75, 3.05) is 11.9 Å². The number of aromatic nitrogens is 1. The summed E-state index contributed by atoms with van der Waals surface area (Å²) in [4.78, 5) is 14.9. The van der Waals surface area contributed by atoms with E-state index in [4.69, 9.17) is 0 Å². The predicted molar refractivity (Wildman–Crippen MR) is 83.6 cm³/mol. The summed E-state index contributed by atoms with van der Waals surface area (Å²) in [6.07, 6.45) is 0. The molecule has 2 aromatic rings. The molecule has 0 aliphatic heterocycles. The fourth-order valence-electron chi connectivity index (χ4n) is 2.12. The molecule has 1 N–H and O–H groups in total. The minimum Gasteiger partial charge on any atom is -0.363 e. The molecule has 5 heteroatoms. The Hall–Kier alpha value is -2.43. The predicted octanol–water partition coefficient (Wildman–Crippen LogP) is 3.69. The summed E-state index contributed by atoms with van der Waals surface area (Å²) in [7, 11) is 0. The second-order valence-electron chi connectivity index (χ2n) is 5.68. The van der Waals surface area contributed by atoms with Crippen molar-refractivity contribution in [2.45, 2.75) is 26.2 Å². The summed E-state index contributed by atoms with van der Waals surface area (Å²) in [5.74, 6) is 0.323. The van der Waals surface area contributed by atoms with Crippen molar-refractivity contribution in [2.24, 2.45) is 0 Å². The van der Waals surface area contributed by atoms with E-state index in [9.17, 15) is 10.1 Å². The van der Waals surface area contributed by atoms with Crippen LogP contribution in [0.3, 0.4) is 0 Å². The van der Waals surface area contributed by atoms with Gasteiger partial charge >= 0.3 is 5.69 Å². The first-order valence-corrected chi connectivity index (χ1v) is 6.81. The number of nitrogens with one attached hydrogen (secondary N) is 1. The lowest BCUT2D eigenvalue weighted by atomic mass is 9.84. The Bertz CT molecular complexity index is 639. The monoisotopic (exact) mass is 285 g/mol. The number of pyridine rings is 1. The normalized spacial score (nSPS) is 11.2. The third kappa shape index (κ3) is 3.56. The van der Waals surface area contributed by atoms with E-state index in [-0.39, 0.29) is 11.1 Å². The maximum absolute atomic E-state index is 11.1. The summed E-state index contributed by atoms with van der Waals surface area (Å²) in [5, 5.41) is 14.2. The van der Waals surface area contributed by atoms with Gasteiger partial charge < -0.3 is 5.32 Å². The quantitative estimate of drug-likeness (QED) is 0.672. The highest BCUT2D eigenvalue weighted by Crippen LogP contribution is 2.26. The molecule has 0 amide bonds. The molecule has 0 bridgehead atoms. The van der Waals surface area contributed by atoms with Crippen molar-refractivity contribution in [3.05, 3.63) is 63.8 Å². The lowest BCUT2D eigenvalue weighted by Crippen LogP contribution is -2.28. The molecule has 0 aliphatic rings. The van der Waals surface area contributed by atoms with Gasteiger partial charge in [-0.05, 0) is 18.6 Å². The van der Waals surface area contributed by atoms with Gasteiger partial charge in [-0.25, -0.2) is 4.98 Å². The molecular formula is C16H19N3O2. The third-order valence-electron chi connectivity index (χ3n) is 3.46. The van der Waals surface area contributed by atoms with Crippen LogP contribution in [0.4, 0.5) is 11.5 Å². The van der Waals surface area contributed by atoms with Crippen LogP contribution in [0, 0.1) is 17.0 Å². The lowest BCUT2D eigenvalue weighted by molar-refractivity contribution is -0.384. The SMILES string of the molecule is Cc1ccc([N+](=O)[O-])c(NCC(C)(C)c2ccccc2)n1. The van der Waals surface area contributed by atoms with Gasteiger partial charge in [0.25, 0.3) is 0 Å². The highest BCUT2D eigenvalue weighted by atomic mass is 16.6. The van der Waals surface area contributed by atoms with E-state index in [1.54, 1.807) is 6.07 Å². The molecule has 0 radical (unpaired) electrons. The highest BCUT2D eigenvalue weighted by Gasteiger charge is 2.22. The van der Waals surface area contributed by atoms with Crippen molar-refractivity contribution < 1.29 is 4.92 Å². The van der Waals surface area contributed by atoms with Gasteiger partial charge in [0.1, 0.15) is 0 Å². The minimum atomic E-state index is -0.412. The maximum atomic E-state index is 11.1. The summed E-state index contributed by atoms with van der Waals surface area (Å²) in [5.41, 5.74) is 1.78. The summed E-state index contributed by atoms with van der Waals surface area (Å²) in [6.45, 7) is 6.57. The van der Waals surface area contributed by atoms with Crippen LogP contribution in [0.5, 0.6) is 0 Å².